The molecular weight excluding hydrogens is 356 g/mol. The second-order valence-corrected chi connectivity index (χ2v) is 8.76. The van der Waals surface area contributed by atoms with Crippen LogP contribution in [-0.4, -0.2) is 78.5 Å². The van der Waals surface area contributed by atoms with E-state index in [1.54, 1.807) is 11.3 Å². The lowest BCUT2D eigenvalue weighted by Crippen LogP contribution is -2.45. The largest absolute Gasteiger partial charge is 0.340 e. The predicted octanol–water partition coefficient (Wildman–Crippen LogP) is 3.10. The Balaban J connectivity index is 1.60. The maximum atomic E-state index is 13.0. The molecule has 1 aromatic carbocycles. The van der Waals surface area contributed by atoms with E-state index in [1.807, 2.05) is 18.2 Å². The van der Waals surface area contributed by atoms with E-state index >= 15 is 0 Å². The molecule has 2 aromatic rings. The van der Waals surface area contributed by atoms with Gasteiger partial charge in [0.1, 0.15) is 0 Å². The molecule has 2 heterocycles. The summed E-state index contributed by atoms with van der Waals surface area (Å²) in [6, 6.07) is 8.71. The number of carbonyl (C=O) groups excluding carboxylic acids is 1. The van der Waals surface area contributed by atoms with Crippen LogP contribution in [0.25, 0.3) is 10.2 Å². The molecule has 148 valence electrons. The minimum absolute atomic E-state index is 0.263. The van der Waals surface area contributed by atoms with Crippen LogP contribution in [-0.2, 0) is 11.2 Å². The van der Waals surface area contributed by atoms with Crippen LogP contribution in [0.15, 0.2) is 24.3 Å². The third-order valence-corrected chi connectivity index (χ3v) is 6.49. The van der Waals surface area contributed by atoms with Gasteiger partial charge in [0.25, 0.3) is 0 Å². The Morgan fingerprint density at radius 2 is 2.11 bits per heavy atom. The molecule has 0 bridgehead atoms. The third kappa shape index (κ3) is 5.50. The molecular formula is C21H32N4OS. The van der Waals surface area contributed by atoms with Crippen molar-refractivity contribution < 1.29 is 4.79 Å². The van der Waals surface area contributed by atoms with E-state index < -0.39 is 0 Å². The number of hydrogen-bond donors (Lipinski definition) is 0. The van der Waals surface area contributed by atoms with Crippen LogP contribution in [0, 0.1) is 0 Å². The number of fused-ring (bicyclic) bond motifs is 1. The Bertz CT molecular complexity index is 712. The van der Waals surface area contributed by atoms with Gasteiger partial charge in [-0.15, -0.1) is 11.3 Å². The highest BCUT2D eigenvalue weighted by atomic mass is 32.1. The lowest BCUT2D eigenvalue weighted by atomic mass is 10.2. The summed E-state index contributed by atoms with van der Waals surface area (Å²) >= 11 is 1.71. The lowest BCUT2D eigenvalue weighted by Gasteiger charge is -2.31. The number of carbonyl (C=O) groups is 1. The van der Waals surface area contributed by atoms with Crippen LogP contribution in [0.1, 0.15) is 31.2 Å². The molecule has 1 aliphatic rings. The van der Waals surface area contributed by atoms with Gasteiger partial charge in [-0.05, 0) is 52.2 Å². The zero-order chi connectivity index (χ0) is 19.2. The van der Waals surface area contributed by atoms with Gasteiger partial charge in [-0.25, -0.2) is 4.98 Å². The van der Waals surface area contributed by atoms with Gasteiger partial charge >= 0.3 is 0 Å². The van der Waals surface area contributed by atoms with Gasteiger partial charge in [0.15, 0.2) is 0 Å². The van der Waals surface area contributed by atoms with Crippen molar-refractivity contribution in [1.29, 1.82) is 0 Å². The van der Waals surface area contributed by atoms with E-state index in [9.17, 15) is 4.79 Å². The van der Waals surface area contributed by atoms with Crippen LogP contribution in [0.5, 0.6) is 0 Å². The van der Waals surface area contributed by atoms with Crippen LogP contribution in [0.2, 0.25) is 0 Å². The minimum Gasteiger partial charge on any atom is -0.340 e. The quantitative estimate of drug-likeness (QED) is 0.662. The first-order valence-corrected chi connectivity index (χ1v) is 10.9. The van der Waals surface area contributed by atoms with E-state index in [-0.39, 0.29) is 5.91 Å². The maximum absolute atomic E-state index is 13.0. The maximum Gasteiger partial charge on any atom is 0.223 e. The monoisotopic (exact) mass is 388 g/mol. The van der Waals surface area contributed by atoms with E-state index in [4.69, 9.17) is 0 Å². The number of likely N-dealkylation sites (N-methyl/N-ethyl adjacent to an activating group) is 2. The Morgan fingerprint density at radius 3 is 2.85 bits per heavy atom. The number of amides is 1. The molecule has 1 amide bonds. The molecule has 27 heavy (non-hydrogen) atoms. The first-order chi connectivity index (χ1) is 13.1. The summed E-state index contributed by atoms with van der Waals surface area (Å²) in [7, 11) is 4.13. The second kappa shape index (κ2) is 9.62. The fourth-order valence-electron chi connectivity index (χ4n) is 3.81. The van der Waals surface area contributed by atoms with Gasteiger partial charge in [0, 0.05) is 38.5 Å². The van der Waals surface area contributed by atoms with Crippen molar-refractivity contribution in [3.05, 3.63) is 29.3 Å². The molecule has 1 fully saturated rings. The molecule has 0 aliphatic carbocycles. The highest BCUT2D eigenvalue weighted by Gasteiger charge is 2.27. The molecule has 3 rings (SSSR count). The summed E-state index contributed by atoms with van der Waals surface area (Å²) in [6.07, 6.45) is 3.74. The molecule has 1 unspecified atom stereocenters. The van der Waals surface area contributed by atoms with Gasteiger partial charge in [0.05, 0.1) is 15.2 Å². The van der Waals surface area contributed by atoms with Gasteiger partial charge < -0.3 is 9.80 Å². The van der Waals surface area contributed by atoms with E-state index in [1.165, 1.54) is 24.1 Å². The highest BCUT2D eigenvalue weighted by Crippen LogP contribution is 2.23. The SMILES string of the molecule is CCN1CCCC1CN(CCN(C)C)C(=O)CCc1nc2ccccc2s1. The van der Waals surface area contributed by atoms with Crippen molar-refractivity contribution in [2.75, 3.05) is 46.8 Å². The normalized spacial score (nSPS) is 17.9. The van der Waals surface area contributed by atoms with E-state index in [0.717, 1.165) is 43.1 Å². The molecule has 0 saturated carbocycles. The number of aromatic nitrogens is 1. The Kier molecular flexibility index (Phi) is 7.21. The highest BCUT2D eigenvalue weighted by molar-refractivity contribution is 7.18. The average molecular weight is 389 g/mol. The van der Waals surface area contributed by atoms with Gasteiger partial charge in [-0.1, -0.05) is 19.1 Å². The van der Waals surface area contributed by atoms with Crippen LogP contribution < -0.4 is 0 Å². The number of likely N-dealkylation sites (tertiary alicyclic amines) is 1. The van der Waals surface area contributed by atoms with E-state index in [0.29, 0.717) is 12.5 Å². The number of thiazole rings is 1. The Morgan fingerprint density at radius 1 is 1.30 bits per heavy atom. The fourth-order valence-corrected chi connectivity index (χ4v) is 4.78. The standard InChI is InChI=1S/C21H32N4OS/c1-4-24-13-7-8-17(24)16-25(15-14-23(2)3)21(26)12-11-20-22-18-9-5-6-10-19(18)27-20/h5-6,9-10,17H,4,7-8,11-16H2,1-3H3. The minimum atomic E-state index is 0.263. The molecule has 5 nitrogen and oxygen atoms in total. The van der Waals surface area contributed by atoms with Gasteiger partial charge in [0.2, 0.25) is 5.91 Å². The Hall–Kier alpha value is -1.50. The summed E-state index contributed by atoms with van der Waals surface area (Å²) in [5.41, 5.74) is 1.04. The van der Waals surface area contributed by atoms with Gasteiger partial charge in [-0.3, -0.25) is 9.69 Å². The summed E-state index contributed by atoms with van der Waals surface area (Å²) in [4.78, 5) is 24.4. The third-order valence-electron chi connectivity index (χ3n) is 5.40. The van der Waals surface area contributed by atoms with Crippen LogP contribution in [0.3, 0.4) is 0 Å². The van der Waals surface area contributed by atoms with Crippen molar-refractivity contribution in [2.45, 2.75) is 38.6 Å². The summed E-state index contributed by atoms with van der Waals surface area (Å²) in [5.74, 6) is 0.263. The molecule has 1 saturated heterocycles. The van der Waals surface area contributed by atoms with Crippen molar-refractivity contribution >= 4 is 27.5 Å². The molecule has 0 radical (unpaired) electrons. The van der Waals surface area contributed by atoms with E-state index in [2.05, 4.69) is 46.8 Å². The molecule has 6 heteroatoms. The molecule has 0 N–H and O–H groups in total. The number of benzene rings is 1. The first-order valence-electron chi connectivity index (χ1n) is 10.1. The van der Waals surface area contributed by atoms with Crippen molar-refractivity contribution in [2.24, 2.45) is 0 Å². The zero-order valence-corrected chi connectivity index (χ0v) is 17.7. The summed E-state index contributed by atoms with van der Waals surface area (Å²) in [5, 5.41) is 1.06. The number of hydrogen-bond acceptors (Lipinski definition) is 5. The number of para-hydroxylation sites is 1. The average Bonchev–Trinajstić information content (AvgIpc) is 3.28. The van der Waals surface area contributed by atoms with Gasteiger partial charge in [-0.2, -0.15) is 0 Å². The second-order valence-electron chi connectivity index (χ2n) is 7.64. The topological polar surface area (TPSA) is 39.7 Å². The number of nitrogens with zero attached hydrogens (tertiary/aromatic N) is 4. The summed E-state index contributed by atoms with van der Waals surface area (Å²) in [6.45, 7) is 7.04. The van der Waals surface area contributed by atoms with Crippen molar-refractivity contribution in [3.8, 4) is 0 Å². The van der Waals surface area contributed by atoms with Crippen molar-refractivity contribution in [3.63, 3.8) is 0 Å². The number of rotatable bonds is 9. The van der Waals surface area contributed by atoms with Crippen LogP contribution in [0.4, 0.5) is 0 Å². The van der Waals surface area contributed by atoms with Crippen LogP contribution >= 0.6 is 11.3 Å². The molecule has 0 spiro atoms. The first kappa shape index (κ1) is 20.2. The smallest absolute Gasteiger partial charge is 0.223 e. The van der Waals surface area contributed by atoms with Crippen molar-refractivity contribution in [1.82, 2.24) is 19.7 Å². The fraction of sp³-hybridized carbons (Fsp3) is 0.619. The predicted molar refractivity (Wildman–Crippen MR) is 113 cm³/mol. The lowest BCUT2D eigenvalue weighted by molar-refractivity contribution is -0.132. The molecule has 1 aromatic heterocycles. The molecule has 1 aliphatic heterocycles. The Labute approximate surface area is 167 Å². The molecule has 1 atom stereocenters. The number of aryl methyl sites for hydroxylation is 1. The summed E-state index contributed by atoms with van der Waals surface area (Å²) < 4.78 is 1.20. The zero-order valence-electron chi connectivity index (χ0n) is 16.9.